The van der Waals surface area contributed by atoms with Crippen molar-refractivity contribution in [3.63, 3.8) is 0 Å². The fraction of sp³-hybridized carbons (Fsp3) is 1.00. The number of hydrogen-bond acceptors (Lipinski definition) is 3. The van der Waals surface area contributed by atoms with Gasteiger partial charge in [0.15, 0.2) is 0 Å². The molecule has 0 saturated heterocycles. The number of nitrogens with zero attached hydrogens (tertiary/aromatic N) is 1. The van der Waals surface area contributed by atoms with Crippen LogP contribution in [-0.4, -0.2) is 23.3 Å². The fourth-order valence-electron chi connectivity index (χ4n) is 2.59. The molecule has 0 aromatic heterocycles. The van der Waals surface area contributed by atoms with Gasteiger partial charge in [-0.15, -0.1) is 0 Å². The lowest BCUT2D eigenvalue weighted by molar-refractivity contribution is -0.0587. The first-order chi connectivity index (χ1) is 8.05. The van der Waals surface area contributed by atoms with Crippen molar-refractivity contribution in [1.82, 2.24) is 4.78 Å². The van der Waals surface area contributed by atoms with E-state index >= 15 is 0 Å². The van der Waals surface area contributed by atoms with E-state index in [1.807, 2.05) is 7.05 Å². The van der Waals surface area contributed by atoms with Crippen molar-refractivity contribution in [2.24, 2.45) is 5.84 Å². The van der Waals surface area contributed by atoms with Crippen LogP contribution in [0.5, 0.6) is 0 Å². The summed E-state index contributed by atoms with van der Waals surface area (Å²) in [5, 5.41) is -0.161. The molecular formula is C12H27N2OPS. The quantitative estimate of drug-likeness (QED) is 0.460. The van der Waals surface area contributed by atoms with Gasteiger partial charge in [-0.3, -0.25) is 5.84 Å². The Morgan fingerprint density at radius 3 is 2.24 bits per heavy atom. The van der Waals surface area contributed by atoms with Crippen LogP contribution in [0.15, 0.2) is 0 Å². The molecule has 0 aromatic rings. The van der Waals surface area contributed by atoms with Crippen LogP contribution >= 0.6 is 6.85 Å². The maximum absolute atomic E-state index is 6.42. The van der Waals surface area contributed by atoms with E-state index in [2.05, 4.69) is 13.8 Å². The van der Waals surface area contributed by atoms with Crippen molar-refractivity contribution in [2.75, 3.05) is 7.05 Å². The third kappa shape index (κ3) is 4.00. The number of hydrazine groups is 1. The van der Waals surface area contributed by atoms with Gasteiger partial charge < -0.3 is 4.74 Å². The van der Waals surface area contributed by atoms with Gasteiger partial charge >= 0.3 is 0 Å². The molecule has 0 radical (unpaired) electrons. The van der Waals surface area contributed by atoms with Gasteiger partial charge in [0, 0.05) is 13.9 Å². The Labute approximate surface area is 112 Å². The summed E-state index contributed by atoms with van der Waals surface area (Å²) in [6.45, 7) is 3.11. The van der Waals surface area contributed by atoms with Gasteiger partial charge in [-0.2, -0.15) is 0 Å². The number of rotatable bonds is 6. The van der Waals surface area contributed by atoms with Crippen LogP contribution in [0.2, 0.25) is 0 Å². The molecule has 0 amide bonds. The first-order valence-electron chi connectivity index (χ1n) is 6.76. The Kier molecular flexibility index (Phi) is 6.60. The highest BCUT2D eigenvalue weighted by Gasteiger charge is 2.35. The van der Waals surface area contributed by atoms with Gasteiger partial charge in [0.2, 0.25) is 0 Å². The summed E-state index contributed by atoms with van der Waals surface area (Å²) < 4.78 is 8.14. The van der Waals surface area contributed by atoms with Crippen molar-refractivity contribution in [3.05, 3.63) is 0 Å². The van der Waals surface area contributed by atoms with Crippen molar-refractivity contribution < 1.29 is 4.74 Å². The third-order valence-electron chi connectivity index (χ3n) is 3.80. The molecule has 1 aliphatic carbocycles. The van der Waals surface area contributed by atoms with Gasteiger partial charge in [-0.25, -0.2) is 4.78 Å². The van der Waals surface area contributed by atoms with E-state index in [4.69, 9.17) is 22.4 Å². The zero-order valence-corrected chi connectivity index (χ0v) is 13.2. The highest BCUT2D eigenvalue weighted by molar-refractivity contribution is 8.04. The minimum Gasteiger partial charge on any atom is -0.365 e. The molecule has 1 unspecified atom stereocenters. The second-order valence-corrected chi connectivity index (χ2v) is 8.38. The van der Waals surface area contributed by atoms with Gasteiger partial charge in [0.05, 0.1) is 6.10 Å². The van der Waals surface area contributed by atoms with Crippen LogP contribution in [0, 0.1) is 0 Å². The number of nitrogens with two attached hydrogens (primary N) is 1. The molecule has 0 spiro atoms. The van der Waals surface area contributed by atoms with Crippen molar-refractivity contribution >= 4 is 18.7 Å². The van der Waals surface area contributed by atoms with Gasteiger partial charge in [-0.05, 0) is 25.7 Å². The van der Waals surface area contributed by atoms with E-state index in [0.29, 0.717) is 6.10 Å². The van der Waals surface area contributed by atoms with E-state index < -0.39 is 6.85 Å². The first kappa shape index (κ1) is 15.6. The average Bonchev–Trinajstić information content (AvgIpc) is 2.36. The molecule has 5 heteroatoms. The minimum atomic E-state index is -1.23. The molecule has 1 atom stereocenters. The van der Waals surface area contributed by atoms with Crippen LogP contribution in [0.1, 0.15) is 58.8 Å². The largest absolute Gasteiger partial charge is 0.365 e. The second-order valence-electron chi connectivity index (χ2n) is 5.00. The smallest absolute Gasteiger partial charge is 0.107 e. The van der Waals surface area contributed by atoms with E-state index in [1.165, 1.54) is 32.1 Å². The predicted molar refractivity (Wildman–Crippen MR) is 78.9 cm³/mol. The maximum Gasteiger partial charge on any atom is 0.107 e. The van der Waals surface area contributed by atoms with Crippen LogP contribution in [0.3, 0.4) is 0 Å². The van der Waals surface area contributed by atoms with Crippen LogP contribution < -0.4 is 5.84 Å². The van der Waals surface area contributed by atoms with Crippen LogP contribution in [-0.2, 0) is 16.5 Å². The molecule has 0 bridgehead atoms. The molecular weight excluding hydrogens is 251 g/mol. The Bertz CT molecular complexity index is 251. The van der Waals surface area contributed by atoms with Crippen molar-refractivity contribution in [2.45, 2.75) is 70.2 Å². The normalized spacial score (nSPS) is 20.8. The molecule has 17 heavy (non-hydrogen) atoms. The number of ether oxygens (including phenoxy) is 1. The second kappa shape index (κ2) is 7.20. The van der Waals surface area contributed by atoms with E-state index in [9.17, 15) is 0 Å². The molecule has 1 saturated carbocycles. The summed E-state index contributed by atoms with van der Waals surface area (Å²) in [7, 11) is 1.88. The summed E-state index contributed by atoms with van der Waals surface area (Å²) in [4.78, 5) is 0. The molecule has 102 valence electrons. The van der Waals surface area contributed by atoms with Gasteiger partial charge in [-0.1, -0.05) is 44.9 Å². The lowest BCUT2D eigenvalue weighted by atomic mass is 9.97. The summed E-state index contributed by atoms with van der Waals surface area (Å²) in [5.41, 5.74) is 0. The lowest BCUT2D eigenvalue weighted by Crippen LogP contribution is -2.38. The molecule has 0 aromatic carbocycles. The monoisotopic (exact) mass is 278 g/mol. The molecule has 3 nitrogen and oxygen atoms in total. The zero-order chi connectivity index (χ0) is 12.9. The predicted octanol–water partition coefficient (Wildman–Crippen LogP) is 3.25. The lowest BCUT2D eigenvalue weighted by Gasteiger charge is -2.40. The number of hydrogen-bond donors (Lipinski definition) is 1. The topological polar surface area (TPSA) is 38.5 Å². The van der Waals surface area contributed by atoms with Crippen molar-refractivity contribution in [3.8, 4) is 0 Å². The summed E-state index contributed by atoms with van der Waals surface area (Å²) in [6, 6.07) is 0. The Balaban J connectivity index is 2.72. The zero-order valence-electron chi connectivity index (χ0n) is 11.4. The van der Waals surface area contributed by atoms with Crippen LogP contribution in [0.4, 0.5) is 0 Å². The van der Waals surface area contributed by atoms with Gasteiger partial charge in [0.25, 0.3) is 0 Å². The van der Waals surface area contributed by atoms with Crippen LogP contribution in [0.25, 0.3) is 0 Å². The van der Waals surface area contributed by atoms with Gasteiger partial charge in [0.1, 0.15) is 5.34 Å². The molecule has 1 rings (SSSR count). The van der Waals surface area contributed by atoms with Crippen molar-refractivity contribution in [1.29, 1.82) is 0 Å². The minimum absolute atomic E-state index is 0.161. The first-order valence-corrected chi connectivity index (χ1v) is 9.34. The van der Waals surface area contributed by atoms with E-state index in [-0.39, 0.29) is 5.34 Å². The average molecular weight is 278 g/mol. The standard InChI is InChI=1S/C12H27N2OPS/c1-4-12(5-2,16(17)14(3)13)15-11-9-7-6-8-10-11/h11,16H,4-10,13H2,1-3H3. The molecule has 1 fully saturated rings. The molecule has 0 aliphatic heterocycles. The summed E-state index contributed by atoms with van der Waals surface area (Å²) in [6.07, 6.45) is 8.69. The fourth-order valence-corrected chi connectivity index (χ4v) is 5.12. The maximum atomic E-state index is 6.42. The highest BCUT2D eigenvalue weighted by atomic mass is 32.4. The summed E-state index contributed by atoms with van der Waals surface area (Å²) >= 11 is 5.64. The summed E-state index contributed by atoms with van der Waals surface area (Å²) in [5.74, 6) is 5.87. The Morgan fingerprint density at radius 2 is 1.82 bits per heavy atom. The molecule has 2 N–H and O–H groups in total. The third-order valence-corrected chi connectivity index (χ3v) is 8.02. The Morgan fingerprint density at radius 1 is 1.29 bits per heavy atom. The molecule has 0 heterocycles. The highest BCUT2D eigenvalue weighted by Crippen LogP contribution is 2.47. The molecule has 1 aliphatic rings. The van der Waals surface area contributed by atoms with E-state index in [1.54, 1.807) is 4.78 Å². The SMILES string of the molecule is CCC(CC)(OC1CCCCC1)[PH](=S)N(C)N. The van der Waals surface area contributed by atoms with E-state index in [0.717, 1.165) is 12.8 Å². The Hall–Kier alpha value is 0.530.